The summed E-state index contributed by atoms with van der Waals surface area (Å²) < 4.78 is 20.9. The van der Waals surface area contributed by atoms with Gasteiger partial charge in [-0.1, -0.05) is 6.07 Å². The average molecular weight is 409 g/mol. The Hall–Kier alpha value is -2.38. The van der Waals surface area contributed by atoms with Gasteiger partial charge in [-0.05, 0) is 52.3 Å². The molecule has 6 nitrogen and oxygen atoms in total. The summed E-state index contributed by atoms with van der Waals surface area (Å²) in [5.41, 5.74) is 0.637. The van der Waals surface area contributed by atoms with Gasteiger partial charge in [0, 0.05) is 7.11 Å². The summed E-state index contributed by atoms with van der Waals surface area (Å²) in [5, 5.41) is 0. The Balaban J connectivity index is 2.07. The van der Waals surface area contributed by atoms with Gasteiger partial charge in [0.2, 0.25) is 0 Å². The van der Waals surface area contributed by atoms with Gasteiger partial charge in [0.25, 0.3) is 0 Å². The van der Waals surface area contributed by atoms with Crippen molar-refractivity contribution in [1.82, 2.24) is 0 Å². The van der Waals surface area contributed by atoms with E-state index in [1.807, 2.05) is 0 Å². The molecule has 0 heterocycles. The number of carbonyl (C=O) groups excluding carboxylic acids is 2. The standard InChI is InChI=1S/C18H17BrO6/c1-22-8-9-24-17(20)12-4-3-5-14(10-12)25-18(21)13-6-7-16(23-2)15(19)11-13/h3-7,10-11H,8-9H2,1-2H3. The van der Waals surface area contributed by atoms with E-state index in [9.17, 15) is 9.59 Å². The van der Waals surface area contributed by atoms with Gasteiger partial charge in [-0.15, -0.1) is 0 Å². The number of ether oxygens (including phenoxy) is 4. The van der Waals surface area contributed by atoms with Gasteiger partial charge in [0.05, 0.1) is 29.3 Å². The van der Waals surface area contributed by atoms with E-state index in [4.69, 9.17) is 18.9 Å². The molecule has 25 heavy (non-hydrogen) atoms. The molecule has 0 N–H and O–H groups in total. The molecule has 0 aliphatic rings. The normalized spacial score (nSPS) is 10.2. The summed E-state index contributed by atoms with van der Waals surface area (Å²) in [4.78, 5) is 24.1. The van der Waals surface area contributed by atoms with E-state index in [-0.39, 0.29) is 17.9 Å². The van der Waals surface area contributed by atoms with E-state index in [2.05, 4.69) is 15.9 Å². The molecule has 7 heteroatoms. The highest BCUT2D eigenvalue weighted by molar-refractivity contribution is 9.10. The Morgan fingerprint density at radius 1 is 0.960 bits per heavy atom. The summed E-state index contributed by atoms with van der Waals surface area (Å²) in [6, 6.07) is 11.1. The molecule has 0 amide bonds. The maximum Gasteiger partial charge on any atom is 0.343 e. The maximum atomic E-state index is 12.2. The van der Waals surface area contributed by atoms with Crippen LogP contribution < -0.4 is 9.47 Å². The van der Waals surface area contributed by atoms with Crippen LogP contribution in [0.1, 0.15) is 20.7 Å². The van der Waals surface area contributed by atoms with Gasteiger partial charge < -0.3 is 18.9 Å². The summed E-state index contributed by atoms with van der Waals surface area (Å²) in [6.45, 7) is 0.464. The van der Waals surface area contributed by atoms with Gasteiger partial charge in [-0.2, -0.15) is 0 Å². The minimum atomic E-state index is -0.548. The van der Waals surface area contributed by atoms with E-state index in [1.54, 1.807) is 36.4 Å². The number of hydrogen-bond acceptors (Lipinski definition) is 6. The number of methoxy groups -OCH3 is 2. The van der Waals surface area contributed by atoms with E-state index in [0.717, 1.165) is 0 Å². The van der Waals surface area contributed by atoms with E-state index in [1.165, 1.54) is 20.3 Å². The molecule has 0 aliphatic heterocycles. The van der Waals surface area contributed by atoms with Crippen LogP contribution in [0, 0.1) is 0 Å². The first-order valence-electron chi connectivity index (χ1n) is 7.37. The Labute approximate surface area is 153 Å². The first-order valence-corrected chi connectivity index (χ1v) is 8.16. The SMILES string of the molecule is COCCOC(=O)c1cccc(OC(=O)c2ccc(OC)c(Br)c2)c1. The first-order chi connectivity index (χ1) is 12.0. The van der Waals surface area contributed by atoms with Crippen LogP contribution in [0.25, 0.3) is 0 Å². The van der Waals surface area contributed by atoms with Crippen LogP contribution in [0.3, 0.4) is 0 Å². The molecule has 132 valence electrons. The van der Waals surface area contributed by atoms with Crippen LogP contribution in [0.15, 0.2) is 46.9 Å². The predicted molar refractivity (Wildman–Crippen MR) is 94.3 cm³/mol. The van der Waals surface area contributed by atoms with Crippen LogP contribution >= 0.6 is 15.9 Å². The number of halogens is 1. The average Bonchev–Trinajstić information content (AvgIpc) is 2.62. The van der Waals surface area contributed by atoms with Crippen LogP contribution in [-0.2, 0) is 9.47 Å². The van der Waals surface area contributed by atoms with Crippen LogP contribution in [0.4, 0.5) is 0 Å². The molecule has 0 fully saturated rings. The fourth-order valence-electron chi connectivity index (χ4n) is 1.95. The fraction of sp³-hybridized carbons (Fsp3) is 0.222. The molecule has 0 bridgehead atoms. The molecule has 0 radical (unpaired) electrons. The van der Waals surface area contributed by atoms with Crippen LogP contribution in [0.2, 0.25) is 0 Å². The second kappa shape index (κ2) is 9.19. The third-order valence-corrected chi connectivity index (χ3v) is 3.81. The predicted octanol–water partition coefficient (Wildman–Crippen LogP) is 3.48. The van der Waals surface area contributed by atoms with E-state index >= 15 is 0 Å². The Morgan fingerprint density at radius 3 is 2.40 bits per heavy atom. The Bertz CT molecular complexity index is 759. The molecule has 2 aromatic rings. The lowest BCUT2D eigenvalue weighted by molar-refractivity contribution is 0.0387. The summed E-state index contributed by atoms with van der Waals surface area (Å²) in [5.74, 6) is -0.203. The number of rotatable bonds is 7. The minimum absolute atomic E-state index is 0.152. The van der Waals surface area contributed by atoms with Gasteiger partial charge in [-0.3, -0.25) is 0 Å². The summed E-state index contributed by atoms with van der Waals surface area (Å²) in [6.07, 6.45) is 0. The Morgan fingerprint density at radius 2 is 1.72 bits per heavy atom. The van der Waals surface area contributed by atoms with Crippen molar-refractivity contribution < 1.29 is 28.5 Å². The van der Waals surface area contributed by atoms with Gasteiger partial charge >= 0.3 is 11.9 Å². The highest BCUT2D eigenvalue weighted by Gasteiger charge is 2.13. The molecule has 2 rings (SSSR count). The molecular weight excluding hydrogens is 392 g/mol. The fourth-order valence-corrected chi connectivity index (χ4v) is 2.49. The third-order valence-electron chi connectivity index (χ3n) is 3.19. The first kappa shape index (κ1) is 19.0. The Kier molecular flexibility index (Phi) is 6.97. The topological polar surface area (TPSA) is 71.1 Å². The van der Waals surface area contributed by atoms with Gasteiger partial charge in [0.1, 0.15) is 18.1 Å². The zero-order chi connectivity index (χ0) is 18.2. The van der Waals surface area contributed by atoms with Crippen molar-refractivity contribution in [3.63, 3.8) is 0 Å². The van der Waals surface area contributed by atoms with Gasteiger partial charge in [-0.25, -0.2) is 9.59 Å². The smallest absolute Gasteiger partial charge is 0.343 e. The molecule has 0 aromatic heterocycles. The van der Waals surface area contributed by atoms with Crippen molar-refractivity contribution in [3.8, 4) is 11.5 Å². The van der Waals surface area contributed by atoms with Gasteiger partial charge in [0.15, 0.2) is 0 Å². The van der Waals surface area contributed by atoms with Crippen molar-refractivity contribution in [2.75, 3.05) is 27.4 Å². The number of esters is 2. The monoisotopic (exact) mass is 408 g/mol. The van der Waals surface area contributed by atoms with Crippen molar-refractivity contribution in [3.05, 3.63) is 58.1 Å². The van der Waals surface area contributed by atoms with Crippen LogP contribution in [0.5, 0.6) is 11.5 Å². The van der Waals surface area contributed by atoms with Crippen molar-refractivity contribution in [2.24, 2.45) is 0 Å². The zero-order valence-electron chi connectivity index (χ0n) is 13.8. The largest absolute Gasteiger partial charge is 0.496 e. The van der Waals surface area contributed by atoms with E-state index < -0.39 is 11.9 Å². The highest BCUT2D eigenvalue weighted by atomic mass is 79.9. The molecule has 0 unspecified atom stereocenters. The van der Waals surface area contributed by atoms with E-state index in [0.29, 0.717) is 22.4 Å². The molecule has 0 spiro atoms. The molecular formula is C18H17BrO6. The van der Waals surface area contributed by atoms with Crippen LogP contribution in [-0.4, -0.2) is 39.4 Å². The molecule has 0 saturated heterocycles. The lowest BCUT2D eigenvalue weighted by atomic mass is 10.2. The quantitative estimate of drug-likeness (QED) is 0.396. The molecule has 0 saturated carbocycles. The summed E-state index contributed by atoms with van der Waals surface area (Å²) >= 11 is 3.32. The zero-order valence-corrected chi connectivity index (χ0v) is 15.4. The summed E-state index contributed by atoms with van der Waals surface area (Å²) in [7, 11) is 3.06. The second-order valence-corrected chi connectivity index (χ2v) is 5.75. The van der Waals surface area contributed by atoms with Crippen molar-refractivity contribution in [2.45, 2.75) is 0 Å². The number of hydrogen-bond donors (Lipinski definition) is 0. The van der Waals surface area contributed by atoms with Crippen molar-refractivity contribution >= 4 is 27.9 Å². The van der Waals surface area contributed by atoms with Crippen molar-refractivity contribution in [1.29, 1.82) is 0 Å². The molecule has 2 aromatic carbocycles. The third kappa shape index (κ3) is 5.30. The number of benzene rings is 2. The second-order valence-electron chi connectivity index (χ2n) is 4.90. The number of carbonyl (C=O) groups is 2. The lowest BCUT2D eigenvalue weighted by Gasteiger charge is -2.08. The molecule has 0 aliphatic carbocycles. The highest BCUT2D eigenvalue weighted by Crippen LogP contribution is 2.26. The minimum Gasteiger partial charge on any atom is -0.496 e. The lowest BCUT2D eigenvalue weighted by Crippen LogP contribution is -2.11. The maximum absolute atomic E-state index is 12.2. The molecule has 0 atom stereocenters.